The van der Waals surface area contributed by atoms with Crippen LogP contribution in [0.1, 0.15) is 37.6 Å². The fraction of sp³-hybridized carbons (Fsp3) is 0.500. The molecule has 86 valence electrons. The fourth-order valence-corrected chi connectivity index (χ4v) is 1.90. The zero-order valence-corrected chi connectivity index (χ0v) is 10.1. The Hall–Kier alpha value is -1.15. The predicted octanol–water partition coefficient (Wildman–Crippen LogP) is 3.07. The molecule has 1 saturated heterocycles. The molecule has 2 atom stereocenters. The van der Waals surface area contributed by atoms with Crippen LogP contribution in [0.4, 0.5) is 0 Å². The Morgan fingerprint density at radius 1 is 1.25 bits per heavy atom. The van der Waals surface area contributed by atoms with Crippen LogP contribution in [0.15, 0.2) is 30.3 Å². The van der Waals surface area contributed by atoms with Crippen LogP contribution in [-0.4, -0.2) is 18.0 Å². The molecule has 1 aromatic rings. The second-order valence-electron chi connectivity index (χ2n) is 5.59. The molecule has 16 heavy (non-hydrogen) atoms. The van der Waals surface area contributed by atoms with E-state index in [1.807, 2.05) is 30.3 Å². The Morgan fingerprint density at radius 2 is 1.88 bits per heavy atom. The summed E-state index contributed by atoms with van der Waals surface area (Å²) in [6.45, 7) is 6.50. The Balaban J connectivity index is 1.95. The maximum atomic E-state index is 12.0. The third-order valence-electron chi connectivity index (χ3n) is 2.71. The second-order valence-corrected chi connectivity index (χ2v) is 5.59. The van der Waals surface area contributed by atoms with Gasteiger partial charge in [0.25, 0.3) is 0 Å². The van der Waals surface area contributed by atoms with E-state index in [-0.39, 0.29) is 23.4 Å². The molecular formula is C14H18O2. The molecule has 2 rings (SSSR count). The molecule has 0 saturated carbocycles. The van der Waals surface area contributed by atoms with Gasteiger partial charge < -0.3 is 4.74 Å². The summed E-state index contributed by atoms with van der Waals surface area (Å²) in [6, 6.07) is 9.37. The van der Waals surface area contributed by atoms with E-state index in [0.29, 0.717) is 0 Å². The number of rotatable bonds is 3. The molecule has 0 bridgehead atoms. The number of hydrogen-bond acceptors (Lipinski definition) is 2. The molecule has 0 unspecified atom stereocenters. The molecule has 0 aliphatic carbocycles. The number of carbonyl (C=O) groups is 1. The molecule has 1 aromatic carbocycles. The standard InChI is InChI=1S/C14H18O2/c1-14(2,3)9-11-13(16-11)12(15)10-7-5-4-6-8-10/h4-8,11,13H,9H2,1-3H3/t11-,13-/m1/s1. The van der Waals surface area contributed by atoms with Crippen molar-refractivity contribution in [2.75, 3.05) is 0 Å². The van der Waals surface area contributed by atoms with Crippen molar-refractivity contribution in [2.24, 2.45) is 5.41 Å². The van der Waals surface area contributed by atoms with Gasteiger partial charge in [0.05, 0.1) is 6.10 Å². The number of Topliss-reactive ketones (excluding diaryl/α,β-unsaturated/α-hetero) is 1. The number of epoxide rings is 1. The van der Waals surface area contributed by atoms with Gasteiger partial charge in [-0.2, -0.15) is 0 Å². The van der Waals surface area contributed by atoms with Crippen LogP contribution in [0.2, 0.25) is 0 Å². The number of carbonyl (C=O) groups excluding carboxylic acids is 1. The van der Waals surface area contributed by atoms with E-state index in [2.05, 4.69) is 20.8 Å². The van der Waals surface area contributed by atoms with Gasteiger partial charge in [0.2, 0.25) is 0 Å². The molecule has 0 spiro atoms. The van der Waals surface area contributed by atoms with Crippen LogP contribution in [0.5, 0.6) is 0 Å². The van der Waals surface area contributed by atoms with Crippen molar-refractivity contribution in [3.05, 3.63) is 35.9 Å². The summed E-state index contributed by atoms with van der Waals surface area (Å²) in [7, 11) is 0. The Morgan fingerprint density at radius 3 is 2.44 bits per heavy atom. The number of hydrogen-bond donors (Lipinski definition) is 0. The van der Waals surface area contributed by atoms with Crippen molar-refractivity contribution in [2.45, 2.75) is 39.4 Å². The van der Waals surface area contributed by atoms with Crippen molar-refractivity contribution in [1.82, 2.24) is 0 Å². The molecule has 0 aromatic heterocycles. The topological polar surface area (TPSA) is 29.6 Å². The Kier molecular flexibility index (Phi) is 2.85. The quantitative estimate of drug-likeness (QED) is 0.576. The molecule has 1 aliphatic heterocycles. The van der Waals surface area contributed by atoms with Gasteiger partial charge in [0.15, 0.2) is 5.78 Å². The van der Waals surface area contributed by atoms with Gasteiger partial charge in [0.1, 0.15) is 6.10 Å². The van der Waals surface area contributed by atoms with Crippen molar-refractivity contribution in [3.63, 3.8) is 0 Å². The highest BCUT2D eigenvalue weighted by Gasteiger charge is 2.46. The summed E-state index contributed by atoms with van der Waals surface area (Å²) < 4.78 is 5.46. The summed E-state index contributed by atoms with van der Waals surface area (Å²) in [6.07, 6.45) is 0.852. The lowest BCUT2D eigenvalue weighted by molar-refractivity contribution is 0.0953. The van der Waals surface area contributed by atoms with Crippen molar-refractivity contribution >= 4 is 5.78 Å². The van der Waals surface area contributed by atoms with Gasteiger partial charge in [-0.1, -0.05) is 51.1 Å². The molecule has 2 heteroatoms. The van der Waals surface area contributed by atoms with E-state index in [9.17, 15) is 4.79 Å². The molecule has 0 radical (unpaired) electrons. The lowest BCUT2D eigenvalue weighted by atomic mass is 9.89. The van der Waals surface area contributed by atoms with E-state index in [1.54, 1.807) is 0 Å². The minimum Gasteiger partial charge on any atom is -0.361 e. The third-order valence-corrected chi connectivity index (χ3v) is 2.71. The first-order valence-corrected chi connectivity index (χ1v) is 5.72. The van der Waals surface area contributed by atoms with Crippen LogP contribution in [0.3, 0.4) is 0 Å². The molecule has 0 amide bonds. The van der Waals surface area contributed by atoms with Crippen molar-refractivity contribution in [3.8, 4) is 0 Å². The number of ketones is 1. The Bertz CT molecular complexity index is 375. The van der Waals surface area contributed by atoms with Crippen LogP contribution in [-0.2, 0) is 4.74 Å². The van der Waals surface area contributed by atoms with Gasteiger partial charge in [-0.05, 0) is 11.8 Å². The highest BCUT2D eigenvalue weighted by molar-refractivity contribution is 6.01. The van der Waals surface area contributed by atoms with E-state index in [4.69, 9.17) is 4.74 Å². The Labute approximate surface area is 96.6 Å². The zero-order chi connectivity index (χ0) is 11.8. The second kappa shape index (κ2) is 4.02. The third kappa shape index (κ3) is 2.70. The van der Waals surface area contributed by atoms with Crippen LogP contribution in [0.25, 0.3) is 0 Å². The van der Waals surface area contributed by atoms with E-state index >= 15 is 0 Å². The predicted molar refractivity (Wildman–Crippen MR) is 63.5 cm³/mol. The van der Waals surface area contributed by atoms with Gasteiger partial charge in [-0.3, -0.25) is 4.79 Å². The van der Waals surface area contributed by atoms with Crippen LogP contribution >= 0.6 is 0 Å². The maximum Gasteiger partial charge on any atom is 0.194 e. The average Bonchev–Trinajstić information content (AvgIpc) is 2.95. The molecule has 0 N–H and O–H groups in total. The minimum absolute atomic E-state index is 0.118. The van der Waals surface area contributed by atoms with E-state index < -0.39 is 0 Å². The fourth-order valence-electron chi connectivity index (χ4n) is 1.90. The van der Waals surface area contributed by atoms with E-state index in [0.717, 1.165) is 12.0 Å². The van der Waals surface area contributed by atoms with Gasteiger partial charge in [0, 0.05) is 5.56 Å². The summed E-state index contributed by atoms with van der Waals surface area (Å²) in [5.74, 6) is 0.120. The molecule has 1 fully saturated rings. The lowest BCUT2D eigenvalue weighted by Gasteiger charge is -2.15. The van der Waals surface area contributed by atoms with Crippen LogP contribution < -0.4 is 0 Å². The summed E-state index contributed by atoms with van der Waals surface area (Å²) in [5, 5.41) is 0. The number of benzene rings is 1. The van der Waals surface area contributed by atoms with Crippen LogP contribution in [0, 0.1) is 5.41 Å². The molecule has 1 heterocycles. The average molecular weight is 218 g/mol. The van der Waals surface area contributed by atoms with E-state index in [1.165, 1.54) is 0 Å². The SMILES string of the molecule is CC(C)(C)C[C@H]1O[C@H]1C(=O)c1ccccc1. The summed E-state index contributed by atoms with van der Waals surface area (Å²) in [4.78, 5) is 12.0. The zero-order valence-electron chi connectivity index (χ0n) is 10.1. The van der Waals surface area contributed by atoms with Gasteiger partial charge in [-0.15, -0.1) is 0 Å². The van der Waals surface area contributed by atoms with Gasteiger partial charge >= 0.3 is 0 Å². The summed E-state index contributed by atoms with van der Waals surface area (Å²) in [5.41, 5.74) is 0.972. The molecule has 2 nitrogen and oxygen atoms in total. The minimum atomic E-state index is -0.207. The normalized spacial score (nSPS) is 24.2. The molecule has 1 aliphatic rings. The first-order chi connectivity index (χ1) is 7.47. The first-order valence-electron chi connectivity index (χ1n) is 5.72. The van der Waals surface area contributed by atoms with Gasteiger partial charge in [-0.25, -0.2) is 0 Å². The van der Waals surface area contributed by atoms with Crippen molar-refractivity contribution < 1.29 is 9.53 Å². The maximum absolute atomic E-state index is 12.0. The smallest absolute Gasteiger partial charge is 0.194 e. The largest absolute Gasteiger partial charge is 0.361 e. The highest BCUT2D eigenvalue weighted by Crippen LogP contribution is 2.35. The molecular weight excluding hydrogens is 200 g/mol. The highest BCUT2D eigenvalue weighted by atomic mass is 16.6. The van der Waals surface area contributed by atoms with Crippen molar-refractivity contribution in [1.29, 1.82) is 0 Å². The lowest BCUT2D eigenvalue weighted by Crippen LogP contribution is -2.15. The number of ether oxygens (including phenoxy) is 1. The monoisotopic (exact) mass is 218 g/mol. The summed E-state index contributed by atoms with van der Waals surface area (Å²) >= 11 is 0. The first kappa shape index (κ1) is 11.3.